The first-order valence-electron chi connectivity index (χ1n) is 5.69. The molecule has 80 valence electrons. The van der Waals surface area contributed by atoms with Gasteiger partial charge in [0.05, 0.1) is 0 Å². The van der Waals surface area contributed by atoms with Crippen molar-refractivity contribution in [2.24, 2.45) is 5.92 Å². The van der Waals surface area contributed by atoms with Gasteiger partial charge in [0.15, 0.2) is 0 Å². The maximum Gasteiger partial charge on any atom is 0.250 e. The van der Waals surface area contributed by atoms with Gasteiger partial charge < -0.3 is 9.88 Å². The number of fused-ring (bicyclic) bond motifs is 4. The maximum atomic E-state index is 11.7. The summed E-state index contributed by atoms with van der Waals surface area (Å²) in [7, 11) is 0. The van der Waals surface area contributed by atoms with Crippen molar-refractivity contribution in [3.8, 4) is 0 Å². The molecule has 3 heteroatoms. The van der Waals surface area contributed by atoms with Crippen LogP contribution in [0.25, 0.3) is 0 Å². The van der Waals surface area contributed by atoms with Crippen LogP contribution < -0.4 is 10.9 Å². The first-order valence-corrected chi connectivity index (χ1v) is 5.69. The minimum atomic E-state index is 0.163. The zero-order valence-electron chi connectivity index (χ0n) is 8.94. The summed E-state index contributed by atoms with van der Waals surface area (Å²) in [6, 6.07) is 6.19. The first kappa shape index (κ1) is 9.16. The van der Waals surface area contributed by atoms with E-state index in [0.717, 1.165) is 13.1 Å². The molecule has 0 radical (unpaired) electrons. The molecular formula is C12H16N2O. The fourth-order valence-corrected chi connectivity index (χ4v) is 2.93. The normalized spacial score (nSPS) is 33.5. The largest absolute Gasteiger partial charge is 0.313 e. The molecule has 1 N–H and O–H groups in total. The van der Waals surface area contributed by atoms with Crippen molar-refractivity contribution >= 4 is 0 Å². The van der Waals surface area contributed by atoms with E-state index in [4.69, 9.17) is 0 Å². The fourth-order valence-electron chi connectivity index (χ4n) is 2.93. The average molecular weight is 204 g/mol. The van der Waals surface area contributed by atoms with Crippen molar-refractivity contribution in [3.05, 3.63) is 34.2 Å². The minimum Gasteiger partial charge on any atom is -0.313 e. The van der Waals surface area contributed by atoms with Gasteiger partial charge in [0.1, 0.15) is 0 Å². The minimum absolute atomic E-state index is 0.163. The number of piperidine rings is 1. The summed E-state index contributed by atoms with van der Waals surface area (Å²) < 4.78 is 1.97. The summed E-state index contributed by atoms with van der Waals surface area (Å²) in [6.07, 6.45) is 1.23. The van der Waals surface area contributed by atoms with Crippen LogP contribution in [-0.4, -0.2) is 17.2 Å². The SMILES string of the molecule is CC1NC[C@H]2C[C@@H]1Cn1c2cccc1=O. The van der Waals surface area contributed by atoms with Crippen LogP contribution in [0.15, 0.2) is 23.0 Å². The zero-order valence-corrected chi connectivity index (χ0v) is 8.94. The highest BCUT2D eigenvalue weighted by Gasteiger charge is 2.34. The van der Waals surface area contributed by atoms with Gasteiger partial charge in [-0.25, -0.2) is 0 Å². The third-order valence-electron chi connectivity index (χ3n) is 3.90. The van der Waals surface area contributed by atoms with Gasteiger partial charge in [-0.15, -0.1) is 0 Å². The molecule has 2 aliphatic heterocycles. The molecule has 0 spiro atoms. The molecule has 1 saturated heterocycles. The Kier molecular flexibility index (Phi) is 1.96. The summed E-state index contributed by atoms with van der Waals surface area (Å²) in [4.78, 5) is 11.7. The molecule has 3 nitrogen and oxygen atoms in total. The lowest BCUT2D eigenvalue weighted by atomic mass is 9.80. The Bertz CT molecular complexity index is 437. The Labute approximate surface area is 89.1 Å². The van der Waals surface area contributed by atoms with Crippen molar-refractivity contribution in [2.45, 2.75) is 31.8 Å². The van der Waals surface area contributed by atoms with E-state index in [0.29, 0.717) is 17.9 Å². The van der Waals surface area contributed by atoms with Gasteiger partial charge in [-0.1, -0.05) is 6.07 Å². The Morgan fingerprint density at radius 2 is 2.33 bits per heavy atom. The van der Waals surface area contributed by atoms with Gasteiger partial charge in [-0.3, -0.25) is 4.79 Å². The number of hydrogen-bond acceptors (Lipinski definition) is 2. The average Bonchev–Trinajstić information content (AvgIpc) is 2.25. The van der Waals surface area contributed by atoms with Crippen molar-refractivity contribution in [3.63, 3.8) is 0 Å². The third kappa shape index (κ3) is 1.34. The summed E-state index contributed by atoms with van der Waals surface area (Å²) in [6.45, 7) is 4.13. The predicted molar refractivity (Wildman–Crippen MR) is 59.0 cm³/mol. The monoisotopic (exact) mass is 204 g/mol. The molecule has 1 fully saturated rings. The lowest BCUT2D eigenvalue weighted by Crippen LogP contribution is -2.49. The number of rotatable bonds is 0. The van der Waals surface area contributed by atoms with E-state index in [1.165, 1.54) is 12.1 Å². The molecular weight excluding hydrogens is 188 g/mol. The van der Waals surface area contributed by atoms with Crippen molar-refractivity contribution < 1.29 is 0 Å². The summed E-state index contributed by atoms with van der Waals surface area (Å²) in [5.41, 5.74) is 1.38. The smallest absolute Gasteiger partial charge is 0.250 e. The standard InChI is InChI=1S/C12H16N2O/c1-8-10-5-9(6-13-8)11-3-2-4-12(15)14(11)7-10/h2-4,8-10,13H,5-7H2,1H3/t8?,9-,10-/m1/s1. The Morgan fingerprint density at radius 3 is 3.20 bits per heavy atom. The van der Waals surface area contributed by atoms with Gasteiger partial charge in [-0.2, -0.15) is 0 Å². The summed E-state index contributed by atoms with van der Waals surface area (Å²) >= 11 is 0. The molecule has 0 amide bonds. The molecule has 1 aromatic rings. The lowest BCUT2D eigenvalue weighted by Gasteiger charge is -2.41. The number of pyridine rings is 1. The molecule has 0 saturated carbocycles. The number of aromatic nitrogens is 1. The zero-order chi connectivity index (χ0) is 10.4. The highest BCUT2D eigenvalue weighted by molar-refractivity contribution is 5.17. The van der Waals surface area contributed by atoms with Gasteiger partial charge in [-0.05, 0) is 25.3 Å². The van der Waals surface area contributed by atoms with E-state index >= 15 is 0 Å². The summed E-state index contributed by atoms with van der Waals surface area (Å²) in [5.74, 6) is 1.16. The highest BCUT2D eigenvalue weighted by Crippen LogP contribution is 2.33. The van der Waals surface area contributed by atoms with Crippen molar-refractivity contribution in [2.75, 3.05) is 6.54 Å². The van der Waals surface area contributed by atoms with Gasteiger partial charge >= 0.3 is 0 Å². The van der Waals surface area contributed by atoms with E-state index in [2.05, 4.69) is 18.3 Å². The molecule has 2 aliphatic rings. The van der Waals surface area contributed by atoms with Crippen LogP contribution in [0.4, 0.5) is 0 Å². The van der Waals surface area contributed by atoms with Crippen LogP contribution in [0, 0.1) is 5.92 Å². The van der Waals surface area contributed by atoms with Crippen molar-refractivity contribution in [1.82, 2.24) is 9.88 Å². The van der Waals surface area contributed by atoms with E-state index in [1.807, 2.05) is 10.6 Å². The Balaban J connectivity index is 2.11. The van der Waals surface area contributed by atoms with E-state index in [-0.39, 0.29) is 5.56 Å². The van der Waals surface area contributed by atoms with Gasteiger partial charge in [0, 0.05) is 36.8 Å². The van der Waals surface area contributed by atoms with Crippen LogP contribution >= 0.6 is 0 Å². The molecule has 1 aromatic heterocycles. The maximum absolute atomic E-state index is 11.7. The second kappa shape index (κ2) is 3.20. The molecule has 3 heterocycles. The topological polar surface area (TPSA) is 34.0 Å². The highest BCUT2D eigenvalue weighted by atomic mass is 16.1. The van der Waals surface area contributed by atoms with Gasteiger partial charge in [0.25, 0.3) is 5.56 Å². The third-order valence-corrected chi connectivity index (χ3v) is 3.90. The molecule has 3 rings (SSSR count). The molecule has 0 aromatic carbocycles. The molecule has 0 aliphatic carbocycles. The van der Waals surface area contributed by atoms with Crippen molar-refractivity contribution in [1.29, 1.82) is 0 Å². The van der Waals surface area contributed by atoms with E-state index in [9.17, 15) is 4.79 Å². The quantitative estimate of drug-likeness (QED) is 0.682. The number of nitrogens with one attached hydrogen (secondary N) is 1. The lowest BCUT2D eigenvalue weighted by molar-refractivity contribution is 0.204. The summed E-state index contributed by atoms with van der Waals surface area (Å²) in [5, 5.41) is 3.53. The number of nitrogens with zero attached hydrogens (tertiary/aromatic N) is 1. The van der Waals surface area contributed by atoms with Crippen LogP contribution in [0.1, 0.15) is 25.0 Å². The van der Waals surface area contributed by atoms with Gasteiger partial charge in [0.2, 0.25) is 0 Å². The Morgan fingerprint density at radius 1 is 1.47 bits per heavy atom. The fraction of sp³-hybridized carbons (Fsp3) is 0.583. The molecule has 15 heavy (non-hydrogen) atoms. The molecule has 2 bridgehead atoms. The molecule has 1 unspecified atom stereocenters. The first-order chi connectivity index (χ1) is 7.25. The van der Waals surface area contributed by atoms with Crippen LogP contribution in [0.5, 0.6) is 0 Å². The molecule has 3 atom stereocenters. The second-order valence-corrected chi connectivity index (χ2v) is 4.79. The van der Waals surface area contributed by atoms with E-state index < -0.39 is 0 Å². The predicted octanol–water partition coefficient (Wildman–Crippen LogP) is 0.944. The van der Waals surface area contributed by atoms with Crippen LogP contribution in [-0.2, 0) is 6.54 Å². The number of hydrogen-bond donors (Lipinski definition) is 1. The van der Waals surface area contributed by atoms with Crippen LogP contribution in [0.3, 0.4) is 0 Å². The van der Waals surface area contributed by atoms with Crippen LogP contribution in [0.2, 0.25) is 0 Å². The van der Waals surface area contributed by atoms with E-state index in [1.54, 1.807) is 6.07 Å². The second-order valence-electron chi connectivity index (χ2n) is 4.79. The Hall–Kier alpha value is -1.09.